The molecule has 0 saturated carbocycles. The van der Waals surface area contributed by atoms with Crippen molar-refractivity contribution in [1.82, 2.24) is 19.7 Å². The maximum absolute atomic E-state index is 12.4. The SMILES string of the molecule is CC(C)N1C(=O)C(=O)N(CN(C)[C@@H](C)c2nc3ccccc3s2)C1=O. The van der Waals surface area contributed by atoms with Crippen molar-refractivity contribution >= 4 is 39.4 Å². The van der Waals surface area contributed by atoms with Crippen molar-refractivity contribution in [3.05, 3.63) is 29.3 Å². The van der Waals surface area contributed by atoms with Crippen LogP contribution in [-0.2, 0) is 9.59 Å². The molecule has 25 heavy (non-hydrogen) atoms. The number of amides is 4. The van der Waals surface area contributed by atoms with Gasteiger partial charge in [-0.05, 0) is 40.0 Å². The fourth-order valence-electron chi connectivity index (χ4n) is 2.71. The molecule has 4 amide bonds. The maximum atomic E-state index is 12.4. The molecule has 2 aromatic rings. The van der Waals surface area contributed by atoms with Crippen LogP contribution in [0.4, 0.5) is 4.79 Å². The molecular weight excluding hydrogens is 340 g/mol. The van der Waals surface area contributed by atoms with Gasteiger partial charge in [0.15, 0.2) is 0 Å². The first-order valence-electron chi connectivity index (χ1n) is 8.06. The first kappa shape index (κ1) is 17.5. The van der Waals surface area contributed by atoms with Crippen LogP contribution in [0, 0.1) is 0 Å². The van der Waals surface area contributed by atoms with E-state index in [2.05, 4.69) is 4.98 Å². The number of carbonyl (C=O) groups excluding carboxylic acids is 3. The van der Waals surface area contributed by atoms with Crippen LogP contribution in [0.5, 0.6) is 0 Å². The van der Waals surface area contributed by atoms with E-state index in [4.69, 9.17) is 0 Å². The second kappa shape index (κ2) is 6.53. The van der Waals surface area contributed by atoms with Crippen LogP contribution in [-0.4, -0.2) is 57.3 Å². The summed E-state index contributed by atoms with van der Waals surface area (Å²) in [6.07, 6.45) is 0. The Morgan fingerprint density at radius 2 is 1.80 bits per heavy atom. The molecule has 3 rings (SSSR count). The monoisotopic (exact) mass is 360 g/mol. The van der Waals surface area contributed by atoms with Gasteiger partial charge in [0.25, 0.3) is 0 Å². The summed E-state index contributed by atoms with van der Waals surface area (Å²) in [6, 6.07) is 6.86. The summed E-state index contributed by atoms with van der Waals surface area (Å²) >= 11 is 1.58. The zero-order valence-electron chi connectivity index (χ0n) is 14.6. The smallest absolute Gasteiger partial charge is 0.279 e. The number of fused-ring (bicyclic) bond motifs is 1. The van der Waals surface area contributed by atoms with Crippen LogP contribution < -0.4 is 0 Å². The second-order valence-corrected chi connectivity index (χ2v) is 7.44. The second-order valence-electron chi connectivity index (χ2n) is 6.38. The Hall–Kier alpha value is -2.32. The van der Waals surface area contributed by atoms with Crippen LogP contribution in [0.3, 0.4) is 0 Å². The van der Waals surface area contributed by atoms with E-state index in [9.17, 15) is 14.4 Å². The molecule has 0 spiro atoms. The zero-order chi connectivity index (χ0) is 18.3. The van der Waals surface area contributed by atoms with E-state index in [1.54, 1.807) is 32.2 Å². The largest absolute Gasteiger partial charge is 0.335 e. The number of rotatable bonds is 5. The number of thiazole rings is 1. The summed E-state index contributed by atoms with van der Waals surface area (Å²) < 4.78 is 1.09. The van der Waals surface area contributed by atoms with Crippen molar-refractivity contribution < 1.29 is 14.4 Å². The Kier molecular flexibility index (Phi) is 4.57. The molecule has 0 unspecified atom stereocenters. The summed E-state index contributed by atoms with van der Waals surface area (Å²) in [5, 5.41) is 0.898. The summed E-state index contributed by atoms with van der Waals surface area (Å²) in [5.41, 5.74) is 0.928. The van der Waals surface area contributed by atoms with E-state index in [-0.39, 0.29) is 18.8 Å². The lowest BCUT2D eigenvalue weighted by molar-refractivity contribution is -0.144. The zero-order valence-corrected chi connectivity index (χ0v) is 15.4. The van der Waals surface area contributed by atoms with Crippen LogP contribution >= 0.6 is 11.3 Å². The van der Waals surface area contributed by atoms with E-state index in [1.807, 2.05) is 36.1 Å². The molecule has 0 aliphatic carbocycles. The number of hydrogen-bond donors (Lipinski definition) is 0. The van der Waals surface area contributed by atoms with Crippen LogP contribution in [0.25, 0.3) is 10.2 Å². The van der Waals surface area contributed by atoms with E-state index in [0.29, 0.717) is 0 Å². The molecule has 1 aliphatic heterocycles. The fourth-order valence-corrected chi connectivity index (χ4v) is 3.79. The predicted molar refractivity (Wildman–Crippen MR) is 94.9 cm³/mol. The van der Waals surface area contributed by atoms with Gasteiger partial charge in [-0.3, -0.25) is 19.4 Å². The average Bonchev–Trinajstić information content (AvgIpc) is 3.09. The molecule has 0 bridgehead atoms. The van der Waals surface area contributed by atoms with Gasteiger partial charge >= 0.3 is 17.8 Å². The van der Waals surface area contributed by atoms with Crippen molar-refractivity contribution in [2.24, 2.45) is 0 Å². The van der Waals surface area contributed by atoms with Gasteiger partial charge in [-0.1, -0.05) is 12.1 Å². The number of para-hydroxylation sites is 1. The molecular formula is C17H20N4O3S. The Balaban J connectivity index is 1.77. The number of benzene rings is 1. The number of nitrogens with zero attached hydrogens (tertiary/aromatic N) is 4. The van der Waals surface area contributed by atoms with Crippen LogP contribution in [0.15, 0.2) is 24.3 Å². The molecule has 1 saturated heterocycles. The minimum absolute atomic E-state index is 0.0454. The van der Waals surface area contributed by atoms with Crippen LogP contribution in [0.2, 0.25) is 0 Å². The Labute approximate surface area is 149 Å². The Bertz CT molecular complexity index is 814. The molecule has 1 fully saturated rings. The van der Waals surface area contributed by atoms with E-state index in [1.165, 1.54) is 0 Å². The molecule has 1 aromatic carbocycles. The third kappa shape index (κ3) is 3.03. The predicted octanol–water partition coefficient (Wildman–Crippen LogP) is 2.45. The maximum Gasteiger partial charge on any atom is 0.335 e. The molecule has 132 valence electrons. The molecule has 1 aliphatic rings. The first-order chi connectivity index (χ1) is 11.8. The lowest BCUT2D eigenvalue weighted by Gasteiger charge is -2.27. The van der Waals surface area contributed by atoms with Gasteiger partial charge in [-0.25, -0.2) is 14.7 Å². The summed E-state index contributed by atoms with van der Waals surface area (Å²) in [5.74, 6) is -1.54. The molecule has 7 nitrogen and oxygen atoms in total. The van der Waals surface area contributed by atoms with Crippen molar-refractivity contribution in [2.45, 2.75) is 32.9 Å². The minimum Gasteiger partial charge on any atom is -0.279 e. The topological polar surface area (TPSA) is 73.8 Å². The molecule has 8 heteroatoms. The third-order valence-corrected chi connectivity index (χ3v) is 5.50. The quantitative estimate of drug-likeness (QED) is 0.605. The minimum atomic E-state index is -0.776. The van der Waals surface area contributed by atoms with Gasteiger partial charge in [0.1, 0.15) is 5.01 Å². The van der Waals surface area contributed by atoms with Gasteiger partial charge in [-0.15, -0.1) is 11.3 Å². The molecule has 0 N–H and O–H groups in total. The molecule has 0 radical (unpaired) electrons. The van der Waals surface area contributed by atoms with Gasteiger partial charge in [0.05, 0.1) is 22.9 Å². The average molecular weight is 360 g/mol. The van der Waals surface area contributed by atoms with Crippen LogP contribution in [0.1, 0.15) is 31.8 Å². The number of carbonyl (C=O) groups is 3. The summed E-state index contributed by atoms with van der Waals surface area (Å²) in [7, 11) is 1.81. The Morgan fingerprint density at radius 1 is 1.12 bits per heavy atom. The van der Waals surface area contributed by atoms with Gasteiger partial charge in [-0.2, -0.15) is 0 Å². The molecule has 1 atom stereocenters. The van der Waals surface area contributed by atoms with Crippen molar-refractivity contribution in [2.75, 3.05) is 13.7 Å². The highest BCUT2D eigenvalue weighted by Crippen LogP contribution is 2.29. The Morgan fingerprint density at radius 3 is 2.40 bits per heavy atom. The fraction of sp³-hybridized carbons (Fsp3) is 0.412. The molecule has 1 aromatic heterocycles. The lowest BCUT2D eigenvalue weighted by Crippen LogP contribution is -2.42. The normalized spacial score (nSPS) is 16.8. The standard InChI is InChI=1S/C17H20N4O3S/c1-10(2)21-16(23)15(22)20(17(21)24)9-19(4)11(3)14-18-12-7-5-6-8-13(12)25-14/h5-8,10-11H,9H2,1-4H3/t11-/m0/s1. The first-order valence-corrected chi connectivity index (χ1v) is 8.87. The summed E-state index contributed by atoms with van der Waals surface area (Å²) in [6.45, 7) is 5.43. The van der Waals surface area contributed by atoms with E-state index in [0.717, 1.165) is 25.0 Å². The lowest BCUT2D eigenvalue weighted by atomic mass is 10.3. The van der Waals surface area contributed by atoms with Gasteiger partial charge in [0.2, 0.25) is 0 Å². The molecule has 2 heterocycles. The third-order valence-electron chi connectivity index (χ3n) is 4.29. The van der Waals surface area contributed by atoms with Gasteiger partial charge in [0, 0.05) is 6.04 Å². The number of aromatic nitrogens is 1. The number of hydrogen-bond acceptors (Lipinski definition) is 6. The van der Waals surface area contributed by atoms with Crippen molar-refractivity contribution in [1.29, 1.82) is 0 Å². The highest BCUT2D eigenvalue weighted by Gasteiger charge is 2.46. The number of urea groups is 1. The van der Waals surface area contributed by atoms with Crippen molar-refractivity contribution in [3.8, 4) is 0 Å². The highest BCUT2D eigenvalue weighted by atomic mass is 32.1. The summed E-state index contributed by atoms with van der Waals surface area (Å²) in [4.78, 5) is 44.9. The van der Waals surface area contributed by atoms with Crippen molar-refractivity contribution in [3.63, 3.8) is 0 Å². The van der Waals surface area contributed by atoms with E-state index < -0.39 is 17.8 Å². The number of imide groups is 2. The highest BCUT2D eigenvalue weighted by molar-refractivity contribution is 7.18. The van der Waals surface area contributed by atoms with E-state index >= 15 is 0 Å². The van der Waals surface area contributed by atoms with Gasteiger partial charge < -0.3 is 0 Å².